The molecule has 4 rings (SSSR count). The number of carbonyl (C=O) groups excluding carboxylic acids is 2. The first-order valence-electron chi connectivity index (χ1n) is 9.09. The van der Waals surface area contributed by atoms with Gasteiger partial charge in [0.2, 0.25) is 0 Å². The third kappa shape index (κ3) is 3.82. The SMILES string of the molecule is CO[C](=O)[In]1[CH]=C(NC(=O)NC2CCc3c(-c4ccccn4)cccc32)C=[N]1. The quantitative estimate of drug-likeness (QED) is 0.707. The second-order valence-corrected chi connectivity index (χ2v) is 12.3. The zero-order chi connectivity index (χ0) is 19.5. The standard InChI is InChI=1S/C18H16N4O.C2H3O2.In/c1-12(11-19)21-18(23)22-17-9-8-13-14(5-4-6-15(13)17)16-7-2-3-10-20-16;1-4-2-3;/h1-7,10-11,17H,8-9H2,(H2,21,22,23);1H3;/q-1;;+1. The van der Waals surface area contributed by atoms with Crippen molar-refractivity contribution in [2.45, 2.75) is 18.9 Å². The number of carbonyl (C=O) groups is 2. The molecule has 1 aromatic carbocycles. The zero-order valence-corrected chi connectivity index (χ0v) is 18.7. The van der Waals surface area contributed by atoms with Gasteiger partial charge in [-0.1, -0.05) is 0 Å². The number of allylic oxidation sites excluding steroid dienone is 1. The van der Waals surface area contributed by atoms with Crippen LogP contribution in [0.5, 0.6) is 0 Å². The van der Waals surface area contributed by atoms with Crippen molar-refractivity contribution >= 4 is 37.7 Å². The van der Waals surface area contributed by atoms with Crippen LogP contribution in [0.1, 0.15) is 23.6 Å². The first-order chi connectivity index (χ1) is 13.7. The summed E-state index contributed by atoms with van der Waals surface area (Å²) in [6.45, 7) is 0. The molecule has 28 heavy (non-hydrogen) atoms. The van der Waals surface area contributed by atoms with Crippen LogP contribution in [0.15, 0.2) is 55.1 Å². The number of benzene rings is 1. The number of fused-ring (bicyclic) bond motifs is 1. The molecule has 1 aliphatic heterocycles. The van der Waals surface area contributed by atoms with Gasteiger partial charge in [-0.2, -0.15) is 0 Å². The maximum atomic E-state index is 12.4. The van der Waals surface area contributed by atoms with Gasteiger partial charge in [0.05, 0.1) is 0 Å². The molecule has 1 atom stereocenters. The monoisotopic (exact) mass is 478 g/mol. The van der Waals surface area contributed by atoms with Crippen molar-refractivity contribution in [3.63, 3.8) is 0 Å². The van der Waals surface area contributed by atoms with Crippen LogP contribution < -0.4 is 10.6 Å². The van der Waals surface area contributed by atoms with Crippen LogP contribution in [0.25, 0.3) is 11.3 Å². The Bertz CT molecular complexity index is 975. The van der Waals surface area contributed by atoms with E-state index >= 15 is 0 Å². The molecule has 0 saturated heterocycles. The van der Waals surface area contributed by atoms with Crippen LogP contribution in [0.3, 0.4) is 0 Å². The Morgan fingerprint density at radius 1 is 1.21 bits per heavy atom. The minimum atomic E-state index is -2.86. The summed E-state index contributed by atoms with van der Waals surface area (Å²) >= 11 is -2.86. The Hall–Kier alpha value is -2.61. The van der Waals surface area contributed by atoms with Gasteiger partial charge in [0.1, 0.15) is 0 Å². The van der Waals surface area contributed by atoms with Crippen molar-refractivity contribution in [1.82, 2.24) is 15.6 Å². The van der Waals surface area contributed by atoms with Crippen LogP contribution in [-0.4, -0.2) is 49.8 Å². The molecule has 0 spiro atoms. The topological polar surface area (TPSA) is 92.7 Å². The van der Waals surface area contributed by atoms with E-state index in [1.807, 2.05) is 24.3 Å². The van der Waals surface area contributed by atoms with Gasteiger partial charge in [-0.05, 0) is 6.07 Å². The van der Waals surface area contributed by atoms with Crippen LogP contribution in [0.2, 0.25) is 0 Å². The Balaban J connectivity index is 1.45. The average molecular weight is 478 g/mol. The minimum absolute atomic E-state index is 0.0578. The number of hydrogen-bond donors (Lipinski definition) is 2. The van der Waals surface area contributed by atoms with Gasteiger partial charge in [0, 0.05) is 0 Å². The third-order valence-corrected chi connectivity index (χ3v) is 10.2. The first kappa shape index (κ1) is 18.7. The number of urea groups is 1. The third-order valence-electron chi connectivity index (χ3n) is 4.93. The van der Waals surface area contributed by atoms with Gasteiger partial charge in [0.25, 0.3) is 0 Å². The van der Waals surface area contributed by atoms with Crippen molar-refractivity contribution < 1.29 is 14.3 Å². The molecular weight excluding hydrogens is 459 g/mol. The van der Waals surface area contributed by atoms with Crippen LogP contribution in [-0.2, 0) is 11.2 Å². The fourth-order valence-corrected chi connectivity index (χ4v) is 7.67. The van der Waals surface area contributed by atoms with E-state index in [1.54, 1.807) is 16.2 Å². The van der Waals surface area contributed by atoms with E-state index in [0.717, 1.165) is 29.7 Å². The number of rotatable bonds is 4. The molecule has 0 bridgehead atoms. The predicted octanol–water partition coefficient (Wildman–Crippen LogP) is 2.88. The van der Waals surface area contributed by atoms with Gasteiger partial charge in [-0.3, -0.25) is 0 Å². The number of nitrogens with one attached hydrogen (secondary N) is 2. The van der Waals surface area contributed by atoms with Crippen molar-refractivity contribution in [3.05, 3.63) is 63.3 Å². The number of ether oxygens (including phenoxy) is 1. The van der Waals surface area contributed by atoms with E-state index in [9.17, 15) is 9.59 Å². The number of amides is 2. The van der Waals surface area contributed by atoms with E-state index in [2.05, 4.69) is 30.7 Å². The van der Waals surface area contributed by atoms with Gasteiger partial charge in [-0.25, -0.2) is 0 Å². The number of hydrogen-bond acceptors (Lipinski definition) is 5. The van der Waals surface area contributed by atoms with Gasteiger partial charge < -0.3 is 0 Å². The summed E-state index contributed by atoms with van der Waals surface area (Å²) in [6, 6.07) is 11.7. The van der Waals surface area contributed by atoms with E-state index in [0.29, 0.717) is 5.70 Å². The van der Waals surface area contributed by atoms with E-state index in [1.165, 1.54) is 12.7 Å². The van der Waals surface area contributed by atoms with E-state index in [-0.39, 0.29) is 15.8 Å². The van der Waals surface area contributed by atoms with Gasteiger partial charge >= 0.3 is 165 Å². The van der Waals surface area contributed by atoms with Crippen molar-refractivity contribution in [2.24, 2.45) is 2.98 Å². The van der Waals surface area contributed by atoms with E-state index in [4.69, 9.17) is 4.74 Å². The molecule has 1 unspecified atom stereocenters. The molecule has 8 heteroatoms. The molecule has 0 saturated carbocycles. The van der Waals surface area contributed by atoms with Crippen molar-refractivity contribution in [1.29, 1.82) is 0 Å². The molecule has 0 radical (unpaired) electrons. The van der Waals surface area contributed by atoms with Crippen LogP contribution in [0.4, 0.5) is 9.59 Å². The summed E-state index contributed by atoms with van der Waals surface area (Å²) in [5.41, 5.74) is 4.99. The number of aromatic nitrogens is 1. The summed E-state index contributed by atoms with van der Waals surface area (Å²) in [4.78, 5) is 28.5. The number of nitrogens with zero attached hydrogens (tertiary/aromatic N) is 2. The second-order valence-electron chi connectivity index (χ2n) is 6.65. The molecular formula is C20H19InN4O3. The summed E-state index contributed by atoms with van der Waals surface area (Å²) in [5.74, 6) is 0. The fourth-order valence-electron chi connectivity index (χ4n) is 3.63. The van der Waals surface area contributed by atoms with E-state index < -0.39 is 21.7 Å². The maximum absolute atomic E-state index is 12.4. The van der Waals surface area contributed by atoms with Gasteiger partial charge in [0.15, 0.2) is 0 Å². The summed E-state index contributed by atoms with van der Waals surface area (Å²) in [6.07, 6.45) is 5.07. The molecule has 2 N–H and O–H groups in total. The van der Waals surface area contributed by atoms with Crippen LogP contribution >= 0.6 is 0 Å². The Labute approximate surface area is 170 Å². The molecule has 7 nitrogen and oxygen atoms in total. The molecule has 0 fully saturated rings. The Kier molecular flexibility index (Phi) is 5.47. The first-order valence-corrected chi connectivity index (χ1v) is 14.1. The second kappa shape index (κ2) is 8.18. The average Bonchev–Trinajstić information content (AvgIpc) is 3.35. The Morgan fingerprint density at radius 3 is 2.89 bits per heavy atom. The van der Waals surface area contributed by atoms with Gasteiger partial charge in [-0.15, -0.1) is 0 Å². The molecule has 140 valence electrons. The molecule has 2 aliphatic rings. The number of pyridine rings is 1. The molecule has 2 heterocycles. The molecule has 2 aromatic rings. The Morgan fingerprint density at radius 2 is 2.11 bits per heavy atom. The fraction of sp³-hybridized carbons (Fsp3) is 0.200. The van der Waals surface area contributed by atoms with Crippen LogP contribution in [0, 0.1) is 0 Å². The van der Waals surface area contributed by atoms with Crippen molar-refractivity contribution in [2.75, 3.05) is 7.11 Å². The summed E-state index contributed by atoms with van der Waals surface area (Å²) in [5, 5.41) is 5.82. The predicted molar refractivity (Wildman–Crippen MR) is 107 cm³/mol. The molecule has 1 aliphatic carbocycles. The van der Waals surface area contributed by atoms with Crippen molar-refractivity contribution in [3.8, 4) is 11.3 Å². The summed E-state index contributed by atoms with van der Waals surface area (Å²) < 4.78 is 10.5. The summed E-state index contributed by atoms with van der Waals surface area (Å²) in [7, 11) is 1.36. The molecule has 2 amide bonds. The molecule has 1 aromatic heterocycles. The zero-order valence-electron chi connectivity index (χ0n) is 15.4. The normalized spacial score (nSPS) is 17.1. The number of methoxy groups -OCH3 is 1.